The molecule has 3 aromatic carbocycles. The van der Waals surface area contributed by atoms with Crippen molar-refractivity contribution in [1.82, 2.24) is 15.0 Å². The van der Waals surface area contributed by atoms with Gasteiger partial charge in [-0.3, -0.25) is 0 Å². The van der Waals surface area contributed by atoms with Gasteiger partial charge >= 0.3 is 0 Å². The van der Waals surface area contributed by atoms with E-state index in [0.717, 1.165) is 49.6 Å². The molecule has 3 nitrogen and oxygen atoms in total. The minimum atomic E-state index is 0.883. The third-order valence-electron chi connectivity index (χ3n) is 5.29. The van der Waals surface area contributed by atoms with Crippen LogP contribution in [0.4, 0.5) is 0 Å². The van der Waals surface area contributed by atoms with Gasteiger partial charge in [0.2, 0.25) is 0 Å². The Bertz CT molecular complexity index is 1250. The first-order valence-corrected chi connectivity index (χ1v) is 10.4. The number of halogens is 1. The molecule has 29 heavy (non-hydrogen) atoms. The molecular weight excluding hydrogens is 422 g/mol. The van der Waals surface area contributed by atoms with Crippen LogP contribution in [0.3, 0.4) is 0 Å². The molecule has 0 aliphatic carbocycles. The summed E-state index contributed by atoms with van der Waals surface area (Å²) in [6, 6.07) is 25.2. The Hall–Kier alpha value is -3.11. The number of nitrogens with zero attached hydrogens (tertiary/aromatic N) is 1. The summed E-state index contributed by atoms with van der Waals surface area (Å²) < 4.78 is 1.06. The van der Waals surface area contributed by atoms with E-state index in [0.29, 0.717) is 0 Å². The summed E-state index contributed by atoms with van der Waals surface area (Å²) in [6.07, 6.45) is 0. The zero-order valence-electron chi connectivity index (χ0n) is 16.3. The van der Waals surface area contributed by atoms with Gasteiger partial charge in [0.1, 0.15) is 5.82 Å². The van der Waals surface area contributed by atoms with Crippen LogP contribution in [0, 0.1) is 13.8 Å². The van der Waals surface area contributed by atoms with Crippen LogP contribution in [0.2, 0.25) is 0 Å². The normalized spacial score (nSPS) is 11.3. The van der Waals surface area contributed by atoms with Gasteiger partial charge in [-0.1, -0.05) is 76.1 Å². The standard InChI is InChI=1S/C25H20BrN3/c1-15-7-9-17(10-8-15)23-24(18-11-13-19(26)14-12-18)29-25(28-23)22-16(2)27-21-6-4-3-5-20(21)22/h3-14,27H,1-2H3,(H,28,29). The van der Waals surface area contributed by atoms with E-state index in [1.54, 1.807) is 0 Å². The number of rotatable bonds is 3. The number of fused-ring (bicyclic) bond motifs is 1. The molecule has 0 atom stereocenters. The van der Waals surface area contributed by atoms with Crippen LogP contribution in [-0.2, 0) is 0 Å². The first-order chi connectivity index (χ1) is 14.1. The zero-order valence-corrected chi connectivity index (χ0v) is 17.8. The fourth-order valence-electron chi connectivity index (χ4n) is 3.82. The van der Waals surface area contributed by atoms with Crippen molar-refractivity contribution in [2.75, 3.05) is 0 Å². The maximum absolute atomic E-state index is 5.08. The molecule has 0 unspecified atom stereocenters. The predicted molar refractivity (Wildman–Crippen MR) is 124 cm³/mol. The fraction of sp³-hybridized carbons (Fsp3) is 0.0800. The van der Waals surface area contributed by atoms with Gasteiger partial charge in [-0.05, 0) is 32.0 Å². The van der Waals surface area contributed by atoms with Crippen LogP contribution in [-0.4, -0.2) is 15.0 Å². The molecule has 2 N–H and O–H groups in total. The largest absolute Gasteiger partial charge is 0.358 e. The highest BCUT2D eigenvalue weighted by Crippen LogP contribution is 2.37. The van der Waals surface area contributed by atoms with Crippen molar-refractivity contribution in [1.29, 1.82) is 0 Å². The van der Waals surface area contributed by atoms with Crippen molar-refractivity contribution in [3.63, 3.8) is 0 Å². The topological polar surface area (TPSA) is 44.5 Å². The second-order valence-corrected chi connectivity index (χ2v) is 8.27. The number of para-hydroxylation sites is 1. The van der Waals surface area contributed by atoms with Crippen LogP contribution in [0.25, 0.3) is 44.8 Å². The molecular formula is C25H20BrN3. The molecule has 0 fully saturated rings. The van der Waals surface area contributed by atoms with Crippen LogP contribution in [0.15, 0.2) is 77.3 Å². The summed E-state index contributed by atoms with van der Waals surface area (Å²) in [7, 11) is 0. The number of hydrogen-bond acceptors (Lipinski definition) is 1. The molecule has 0 amide bonds. The lowest BCUT2D eigenvalue weighted by Crippen LogP contribution is -1.84. The Morgan fingerprint density at radius 2 is 1.45 bits per heavy atom. The molecule has 0 radical (unpaired) electrons. The van der Waals surface area contributed by atoms with Gasteiger partial charge in [0, 0.05) is 37.8 Å². The Balaban J connectivity index is 1.75. The molecule has 2 heterocycles. The Kier molecular flexibility index (Phi) is 4.36. The first kappa shape index (κ1) is 18.0. The quantitative estimate of drug-likeness (QED) is 0.303. The van der Waals surface area contributed by atoms with Gasteiger partial charge in [0.05, 0.1) is 11.4 Å². The van der Waals surface area contributed by atoms with Crippen molar-refractivity contribution in [2.45, 2.75) is 13.8 Å². The third kappa shape index (κ3) is 3.19. The molecule has 5 rings (SSSR count). The number of aryl methyl sites for hydroxylation is 2. The summed E-state index contributed by atoms with van der Waals surface area (Å²) in [5.74, 6) is 0.883. The minimum absolute atomic E-state index is 0.883. The number of nitrogens with one attached hydrogen (secondary N) is 2. The SMILES string of the molecule is Cc1ccc(-c2nc(-c3c(C)[nH]c4ccccc34)[nH]c2-c2ccc(Br)cc2)cc1. The van der Waals surface area contributed by atoms with Crippen LogP contribution in [0.5, 0.6) is 0 Å². The summed E-state index contributed by atoms with van der Waals surface area (Å²) in [6.45, 7) is 4.20. The number of aromatic amines is 2. The summed E-state index contributed by atoms with van der Waals surface area (Å²) >= 11 is 3.53. The Morgan fingerprint density at radius 1 is 0.759 bits per heavy atom. The van der Waals surface area contributed by atoms with Crippen LogP contribution < -0.4 is 0 Å². The average Bonchev–Trinajstić information content (AvgIpc) is 3.29. The van der Waals surface area contributed by atoms with Gasteiger partial charge in [-0.15, -0.1) is 0 Å². The number of aromatic nitrogens is 3. The predicted octanol–water partition coefficient (Wildman–Crippen LogP) is 7.27. The lowest BCUT2D eigenvalue weighted by molar-refractivity contribution is 1.25. The minimum Gasteiger partial charge on any atom is -0.358 e. The van der Waals surface area contributed by atoms with Crippen molar-refractivity contribution < 1.29 is 0 Å². The number of benzene rings is 3. The lowest BCUT2D eigenvalue weighted by atomic mass is 10.0. The Labute approximate surface area is 178 Å². The highest BCUT2D eigenvalue weighted by molar-refractivity contribution is 9.10. The molecule has 0 spiro atoms. The van der Waals surface area contributed by atoms with Crippen molar-refractivity contribution in [3.05, 3.63) is 88.5 Å². The van der Waals surface area contributed by atoms with E-state index >= 15 is 0 Å². The van der Waals surface area contributed by atoms with Gasteiger partial charge in [-0.2, -0.15) is 0 Å². The van der Waals surface area contributed by atoms with Crippen molar-refractivity contribution in [3.8, 4) is 33.9 Å². The zero-order chi connectivity index (χ0) is 20.0. The van der Waals surface area contributed by atoms with E-state index < -0.39 is 0 Å². The first-order valence-electron chi connectivity index (χ1n) is 9.61. The molecule has 0 aliphatic rings. The second kappa shape index (κ2) is 7.05. The fourth-order valence-corrected chi connectivity index (χ4v) is 4.08. The summed E-state index contributed by atoms with van der Waals surface area (Å²) in [5.41, 5.74) is 8.80. The van der Waals surface area contributed by atoms with E-state index in [9.17, 15) is 0 Å². The maximum atomic E-state index is 5.08. The molecule has 0 aliphatic heterocycles. The molecule has 5 aromatic rings. The van der Waals surface area contributed by atoms with E-state index in [1.165, 1.54) is 10.9 Å². The molecule has 2 aromatic heterocycles. The van der Waals surface area contributed by atoms with E-state index in [4.69, 9.17) is 4.98 Å². The summed E-state index contributed by atoms with van der Waals surface area (Å²) in [5, 5.41) is 1.18. The molecule has 142 valence electrons. The second-order valence-electron chi connectivity index (χ2n) is 7.35. The molecule has 0 saturated carbocycles. The smallest absolute Gasteiger partial charge is 0.140 e. The van der Waals surface area contributed by atoms with E-state index in [1.807, 2.05) is 0 Å². The highest BCUT2D eigenvalue weighted by atomic mass is 79.9. The third-order valence-corrected chi connectivity index (χ3v) is 5.82. The van der Waals surface area contributed by atoms with E-state index in [2.05, 4.69) is 113 Å². The summed E-state index contributed by atoms with van der Waals surface area (Å²) in [4.78, 5) is 12.2. The molecule has 0 saturated heterocycles. The average molecular weight is 442 g/mol. The lowest BCUT2D eigenvalue weighted by Gasteiger charge is -2.04. The Morgan fingerprint density at radius 3 is 2.21 bits per heavy atom. The molecule has 4 heteroatoms. The highest BCUT2D eigenvalue weighted by Gasteiger charge is 2.19. The van der Waals surface area contributed by atoms with Crippen molar-refractivity contribution >= 4 is 26.8 Å². The number of hydrogen-bond donors (Lipinski definition) is 2. The number of H-pyrrole nitrogens is 2. The van der Waals surface area contributed by atoms with Gasteiger partial charge in [-0.25, -0.2) is 4.98 Å². The van der Waals surface area contributed by atoms with Gasteiger partial charge in [0.15, 0.2) is 0 Å². The monoisotopic (exact) mass is 441 g/mol. The van der Waals surface area contributed by atoms with Crippen molar-refractivity contribution in [2.24, 2.45) is 0 Å². The van der Waals surface area contributed by atoms with Gasteiger partial charge in [0.25, 0.3) is 0 Å². The molecule has 0 bridgehead atoms. The number of imidazole rings is 1. The van der Waals surface area contributed by atoms with Crippen LogP contribution in [0.1, 0.15) is 11.3 Å². The van der Waals surface area contributed by atoms with Crippen LogP contribution >= 0.6 is 15.9 Å². The van der Waals surface area contributed by atoms with Gasteiger partial charge < -0.3 is 9.97 Å². The van der Waals surface area contributed by atoms with E-state index in [-0.39, 0.29) is 0 Å². The maximum Gasteiger partial charge on any atom is 0.140 e.